The van der Waals surface area contributed by atoms with Gasteiger partial charge in [-0.2, -0.15) is 0 Å². The number of carboxylic acids is 1. The van der Waals surface area contributed by atoms with Crippen molar-refractivity contribution in [3.8, 4) is 0 Å². The Morgan fingerprint density at radius 2 is 1.64 bits per heavy atom. The van der Waals surface area contributed by atoms with Crippen LogP contribution in [-0.2, 0) is 9.53 Å². The van der Waals surface area contributed by atoms with Crippen LogP contribution in [0, 0.1) is 0 Å². The summed E-state index contributed by atoms with van der Waals surface area (Å²) >= 11 is 0. The number of likely N-dealkylation sites (N-methyl/N-ethyl adjacent to an activating group) is 1. The van der Waals surface area contributed by atoms with Crippen LogP contribution < -0.4 is 5.73 Å². The predicted octanol–water partition coefficient (Wildman–Crippen LogP) is 3.55. The highest BCUT2D eigenvalue weighted by molar-refractivity contribution is 5.89. The summed E-state index contributed by atoms with van der Waals surface area (Å²) in [6.07, 6.45) is 2.68. The first-order chi connectivity index (χ1) is 13.5. The number of benzene rings is 2. The number of carboxylic acid groups (broad SMARTS) is 1. The van der Waals surface area contributed by atoms with Crippen LogP contribution >= 0.6 is 0 Å². The van der Waals surface area contributed by atoms with E-state index in [4.69, 9.17) is 15.6 Å². The monoisotopic (exact) mass is 384 g/mol. The summed E-state index contributed by atoms with van der Waals surface area (Å²) < 4.78 is 5.18. The second-order valence-electron chi connectivity index (χ2n) is 5.87. The first-order valence-electron chi connectivity index (χ1n) is 9.17. The number of esters is 1. The van der Waals surface area contributed by atoms with E-state index in [0.29, 0.717) is 17.9 Å². The van der Waals surface area contributed by atoms with E-state index in [9.17, 15) is 9.59 Å². The van der Waals surface area contributed by atoms with Crippen LogP contribution in [0.1, 0.15) is 29.8 Å². The molecule has 2 aromatic rings. The molecule has 6 heteroatoms. The Kier molecular flexibility index (Phi) is 10.7. The zero-order valence-corrected chi connectivity index (χ0v) is 16.4. The van der Waals surface area contributed by atoms with Crippen molar-refractivity contribution >= 4 is 23.7 Å². The van der Waals surface area contributed by atoms with Gasteiger partial charge in [0.25, 0.3) is 0 Å². The number of anilines is 1. The molecule has 150 valence electrons. The third-order valence-electron chi connectivity index (χ3n) is 3.90. The number of aliphatic carboxylic acids is 1. The highest BCUT2D eigenvalue weighted by Gasteiger charge is 2.07. The van der Waals surface area contributed by atoms with Gasteiger partial charge in [-0.05, 0) is 49.0 Å². The van der Waals surface area contributed by atoms with Gasteiger partial charge < -0.3 is 20.5 Å². The van der Waals surface area contributed by atoms with Crippen molar-refractivity contribution in [2.24, 2.45) is 0 Å². The largest absolute Gasteiger partial charge is 0.478 e. The van der Waals surface area contributed by atoms with Gasteiger partial charge in [-0.3, -0.25) is 0 Å². The highest BCUT2D eigenvalue weighted by Crippen LogP contribution is 2.06. The lowest BCUT2D eigenvalue weighted by Gasteiger charge is -2.17. The van der Waals surface area contributed by atoms with Gasteiger partial charge in [-0.25, -0.2) is 9.59 Å². The van der Waals surface area contributed by atoms with Crippen LogP contribution in [0.3, 0.4) is 0 Å². The van der Waals surface area contributed by atoms with Gasteiger partial charge in [0.15, 0.2) is 0 Å². The average molecular weight is 384 g/mol. The minimum atomic E-state index is -0.922. The summed E-state index contributed by atoms with van der Waals surface area (Å²) in [5.74, 6) is -1.22. The van der Waals surface area contributed by atoms with Crippen molar-refractivity contribution in [2.75, 3.05) is 32.0 Å². The van der Waals surface area contributed by atoms with Crippen molar-refractivity contribution < 1.29 is 19.4 Å². The van der Waals surface area contributed by atoms with E-state index in [1.165, 1.54) is 0 Å². The van der Waals surface area contributed by atoms with E-state index in [1.807, 2.05) is 30.3 Å². The molecule has 0 aromatic heterocycles. The van der Waals surface area contributed by atoms with Crippen molar-refractivity contribution in [3.63, 3.8) is 0 Å². The topological polar surface area (TPSA) is 92.9 Å². The average Bonchev–Trinajstić information content (AvgIpc) is 2.71. The van der Waals surface area contributed by atoms with Gasteiger partial charge in [-0.15, -0.1) is 0 Å². The van der Waals surface area contributed by atoms with Gasteiger partial charge in [0, 0.05) is 18.3 Å². The number of ether oxygens (including phenoxy) is 1. The molecule has 0 bridgehead atoms. The van der Waals surface area contributed by atoms with Gasteiger partial charge in [0.2, 0.25) is 0 Å². The maximum atomic E-state index is 11.6. The van der Waals surface area contributed by atoms with Crippen molar-refractivity contribution in [3.05, 3.63) is 71.8 Å². The molecule has 0 radical (unpaired) electrons. The molecular formula is C22H28N2O4. The Morgan fingerprint density at radius 1 is 1.04 bits per heavy atom. The molecule has 0 amide bonds. The quantitative estimate of drug-likeness (QED) is 0.411. The Labute approximate surface area is 166 Å². The normalized spacial score (nSPS) is 10.4. The lowest BCUT2D eigenvalue weighted by atomic mass is 10.2. The van der Waals surface area contributed by atoms with Crippen LogP contribution in [0.15, 0.2) is 60.7 Å². The molecule has 6 nitrogen and oxygen atoms in total. The molecule has 0 unspecified atom stereocenters. The summed E-state index contributed by atoms with van der Waals surface area (Å²) in [6, 6.07) is 16.0. The van der Waals surface area contributed by atoms with Crippen LogP contribution in [0.25, 0.3) is 6.08 Å². The molecule has 2 rings (SSSR count). The summed E-state index contributed by atoms with van der Waals surface area (Å²) in [4.78, 5) is 23.9. The van der Waals surface area contributed by atoms with Crippen molar-refractivity contribution in [1.29, 1.82) is 0 Å². The number of nitrogen functional groups attached to an aromatic ring is 1. The van der Waals surface area contributed by atoms with E-state index >= 15 is 0 Å². The Hall–Kier alpha value is -3.12. The standard InChI is InChI=1S/C13H20N2O2.C9H8O2/c1-3-15(4-2)9-10-17-13(16)11-5-7-12(14)8-6-11;10-9(11)7-6-8-4-2-1-3-5-8/h5-8H,3-4,9-10,14H2,1-2H3;1-7H,(H,10,11). The van der Waals surface area contributed by atoms with Crippen LogP contribution in [-0.4, -0.2) is 48.2 Å². The molecule has 0 atom stereocenters. The first kappa shape index (κ1) is 22.9. The molecule has 0 saturated carbocycles. The van der Waals surface area contributed by atoms with Gasteiger partial charge in [-0.1, -0.05) is 44.2 Å². The number of hydrogen-bond acceptors (Lipinski definition) is 5. The van der Waals surface area contributed by atoms with E-state index < -0.39 is 5.97 Å². The molecule has 28 heavy (non-hydrogen) atoms. The maximum Gasteiger partial charge on any atom is 0.338 e. The summed E-state index contributed by atoms with van der Waals surface area (Å²) in [7, 11) is 0. The van der Waals surface area contributed by atoms with Gasteiger partial charge >= 0.3 is 11.9 Å². The smallest absolute Gasteiger partial charge is 0.338 e. The number of rotatable bonds is 8. The Balaban J connectivity index is 0.000000307. The summed E-state index contributed by atoms with van der Waals surface area (Å²) in [5, 5.41) is 8.29. The second kappa shape index (κ2) is 13.1. The number of carbonyl (C=O) groups is 2. The third-order valence-corrected chi connectivity index (χ3v) is 3.90. The lowest BCUT2D eigenvalue weighted by molar-refractivity contribution is -0.131. The molecule has 0 saturated heterocycles. The molecule has 0 aliphatic heterocycles. The fraction of sp³-hybridized carbons (Fsp3) is 0.273. The van der Waals surface area contributed by atoms with Crippen LogP contribution in [0.5, 0.6) is 0 Å². The predicted molar refractivity (Wildman–Crippen MR) is 112 cm³/mol. The fourth-order valence-corrected chi connectivity index (χ4v) is 2.24. The zero-order chi connectivity index (χ0) is 20.8. The number of nitrogens with zero attached hydrogens (tertiary/aromatic N) is 1. The minimum Gasteiger partial charge on any atom is -0.478 e. The molecule has 0 aliphatic carbocycles. The first-order valence-corrected chi connectivity index (χ1v) is 9.17. The second-order valence-corrected chi connectivity index (χ2v) is 5.87. The Bertz CT molecular complexity index is 739. The molecule has 0 heterocycles. The van der Waals surface area contributed by atoms with Crippen LogP contribution in [0.2, 0.25) is 0 Å². The molecule has 3 N–H and O–H groups in total. The van der Waals surface area contributed by atoms with Gasteiger partial charge in [0.1, 0.15) is 6.61 Å². The van der Waals surface area contributed by atoms with E-state index in [0.717, 1.165) is 31.3 Å². The maximum absolute atomic E-state index is 11.6. The Morgan fingerprint density at radius 3 is 2.18 bits per heavy atom. The molecular weight excluding hydrogens is 356 g/mol. The van der Waals surface area contributed by atoms with Crippen LogP contribution in [0.4, 0.5) is 5.69 Å². The number of carbonyl (C=O) groups excluding carboxylic acids is 1. The molecule has 0 fully saturated rings. The lowest BCUT2D eigenvalue weighted by Crippen LogP contribution is -2.27. The zero-order valence-electron chi connectivity index (χ0n) is 16.4. The molecule has 0 aliphatic rings. The minimum absolute atomic E-state index is 0.294. The third kappa shape index (κ3) is 9.54. The summed E-state index contributed by atoms with van der Waals surface area (Å²) in [5.41, 5.74) is 7.63. The molecule has 0 spiro atoms. The van der Waals surface area contributed by atoms with Gasteiger partial charge in [0.05, 0.1) is 5.56 Å². The van der Waals surface area contributed by atoms with E-state index in [1.54, 1.807) is 30.3 Å². The van der Waals surface area contributed by atoms with E-state index in [-0.39, 0.29) is 5.97 Å². The fourth-order valence-electron chi connectivity index (χ4n) is 2.24. The number of hydrogen-bond donors (Lipinski definition) is 2. The number of nitrogens with two attached hydrogens (primary N) is 1. The SMILES string of the molecule is CCN(CC)CCOC(=O)c1ccc(N)cc1.O=C(O)C=Cc1ccccc1. The summed E-state index contributed by atoms with van der Waals surface area (Å²) in [6.45, 7) is 7.31. The molecule has 2 aromatic carbocycles. The van der Waals surface area contributed by atoms with Crippen molar-refractivity contribution in [2.45, 2.75) is 13.8 Å². The highest BCUT2D eigenvalue weighted by atomic mass is 16.5. The van der Waals surface area contributed by atoms with E-state index in [2.05, 4.69) is 18.7 Å². The van der Waals surface area contributed by atoms with Crippen molar-refractivity contribution in [1.82, 2.24) is 4.90 Å².